The zero-order chi connectivity index (χ0) is 18.1. The highest BCUT2D eigenvalue weighted by atomic mass is 16.7. The van der Waals surface area contributed by atoms with Gasteiger partial charge < -0.3 is 19.0 Å². The van der Waals surface area contributed by atoms with Crippen LogP contribution >= 0.6 is 0 Å². The maximum absolute atomic E-state index is 12.0. The van der Waals surface area contributed by atoms with Gasteiger partial charge in [-0.15, -0.1) is 0 Å². The Morgan fingerprint density at radius 2 is 1.92 bits per heavy atom. The number of fused-ring (bicyclic) bond motifs is 1. The first-order valence-corrected chi connectivity index (χ1v) is 8.60. The highest BCUT2D eigenvalue weighted by Gasteiger charge is 2.57. The number of carbonyl (C=O) groups is 2. The van der Waals surface area contributed by atoms with E-state index < -0.39 is 6.29 Å². The van der Waals surface area contributed by atoms with Crippen LogP contribution < -0.4 is 0 Å². The third-order valence-electron chi connectivity index (χ3n) is 6.27. The topological polar surface area (TPSA) is 61.8 Å². The molecule has 0 bridgehead atoms. The van der Waals surface area contributed by atoms with Crippen molar-refractivity contribution in [3.63, 3.8) is 0 Å². The van der Waals surface area contributed by atoms with Crippen LogP contribution in [-0.4, -0.2) is 38.9 Å². The van der Waals surface area contributed by atoms with Crippen LogP contribution in [0.5, 0.6) is 0 Å². The van der Waals surface area contributed by atoms with E-state index in [-0.39, 0.29) is 34.7 Å². The number of ether oxygens (including phenoxy) is 3. The summed E-state index contributed by atoms with van der Waals surface area (Å²) in [5, 5.41) is 0. The van der Waals surface area contributed by atoms with Crippen LogP contribution in [0, 0.1) is 22.7 Å². The molecule has 24 heavy (non-hydrogen) atoms. The lowest BCUT2D eigenvalue weighted by Crippen LogP contribution is -2.56. The smallest absolute Gasteiger partial charge is 0.302 e. The number of aldehydes is 1. The molecule has 0 aromatic carbocycles. The Hall–Kier alpha value is -1.20. The molecule has 0 N–H and O–H groups in total. The van der Waals surface area contributed by atoms with Crippen molar-refractivity contribution in [1.82, 2.24) is 0 Å². The number of hydrogen-bond donors (Lipinski definition) is 0. The number of esters is 1. The molecule has 0 aliphatic heterocycles. The van der Waals surface area contributed by atoms with Crippen molar-refractivity contribution in [2.75, 3.05) is 14.2 Å². The van der Waals surface area contributed by atoms with Gasteiger partial charge in [0.05, 0.1) is 0 Å². The van der Waals surface area contributed by atoms with Gasteiger partial charge in [0.15, 0.2) is 6.29 Å². The normalized spacial score (nSPS) is 35.1. The second kappa shape index (κ2) is 6.96. The van der Waals surface area contributed by atoms with Gasteiger partial charge >= 0.3 is 5.97 Å². The minimum absolute atomic E-state index is 0.115. The molecule has 5 heteroatoms. The maximum atomic E-state index is 12.0. The highest BCUT2D eigenvalue weighted by molar-refractivity contribution is 5.66. The van der Waals surface area contributed by atoms with Crippen LogP contribution in [0.25, 0.3) is 0 Å². The molecule has 0 spiro atoms. The molecule has 0 radical (unpaired) electrons. The van der Waals surface area contributed by atoms with Crippen molar-refractivity contribution in [3.8, 4) is 0 Å². The van der Waals surface area contributed by atoms with E-state index in [2.05, 4.69) is 26.8 Å². The predicted molar refractivity (Wildman–Crippen MR) is 90.2 cm³/mol. The summed E-state index contributed by atoms with van der Waals surface area (Å²) in [6.07, 6.45) is 4.93. The van der Waals surface area contributed by atoms with Crippen LogP contribution in [0.4, 0.5) is 0 Å². The predicted octanol–water partition coefficient (Wildman–Crippen LogP) is 3.12. The quantitative estimate of drug-likeness (QED) is 0.333. The molecular weight excluding hydrogens is 308 g/mol. The lowest BCUT2D eigenvalue weighted by atomic mass is 9.48. The van der Waals surface area contributed by atoms with E-state index in [4.69, 9.17) is 14.2 Å². The minimum Gasteiger partial charge on any atom is -0.462 e. The molecule has 5 nitrogen and oxygen atoms in total. The fourth-order valence-corrected chi connectivity index (χ4v) is 5.03. The van der Waals surface area contributed by atoms with Crippen molar-refractivity contribution in [2.45, 2.75) is 59.4 Å². The van der Waals surface area contributed by atoms with Crippen molar-refractivity contribution in [3.05, 3.63) is 11.6 Å². The summed E-state index contributed by atoms with van der Waals surface area (Å²) in [5.74, 6) is -0.246. The zero-order valence-corrected chi connectivity index (χ0v) is 15.6. The second-order valence-corrected chi connectivity index (χ2v) is 7.87. The van der Waals surface area contributed by atoms with Gasteiger partial charge in [-0.2, -0.15) is 0 Å². The van der Waals surface area contributed by atoms with Crippen molar-refractivity contribution in [2.24, 2.45) is 22.7 Å². The second-order valence-electron chi connectivity index (χ2n) is 7.87. The molecule has 0 aromatic heterocycles. The van der Waals surface area contributed by atoms with Gasteiger partial charge in [-0.25, -0.2) is 0 Å². The fourth-order valence-electron chi connectivity index (χ4n) is 5.03. The molecule has 2 aliphatic rings. The first-order valence-electron chi connectivity index (χ1n) is 8.60. The van der Waals surface area contributed by atoms with E-state index in [9.17, 15) is 9.59 Å². The van der Waals surface area contributed by atoms with Crippen molar-refractivity contribution in [1.29, 1.82) is 0 Å². The summed E-state index contributed by atoms with van der Waals surface area (Å²) in [5.41, 5.74) is 0.522. The van der Waals surface area contributed by atoms with Crippen LogP contribution in [0.15, 0.2) is 11.6 Å². The Balaban J connectivity index is 2.40. The first kappa shape index (κ1) is 19.1. The Bertz CT molecular complexity index is 520. The van der Waals surface area contributed by atoms with Crippen LogP contribution in [0.3, 0.4) is 0 Å². The van der Waals surface area contributed by atoms with Crippen LogP contribution in [0.2, 0.25) is 0 Å². The van der Waals surface area contributed by atoms with Crippen LogP contribution in [-0.2, 0) is 23.8 Å². The molecule has 1 fully saturated rings. The number of methoxy groups -OCH3 is 2. The fraction of sp³-hybridized carbons (Fsp3) is 0.789. The maximum Gasteiger partial charge on any atom is 0.302 e. The summed E-state index contributed by atoms with van der Waals surface area (Å²) in [7, 11) is 3.18. The average molecular weight is 338 g/mol. The highest BCUT2D eigenvalue weighted by Crippen LogP contribution is 2.60. The van der Waals surface area contributed by atoms with E-state index >= 15 is 0 Å². The number of hydrogen-bond acceptors (Lipinski definition) is 5. The third kappa shape index (κ3) is 3.04. The van der Waals surface area contributed by atoms with Gasteiger partial charge in [-0.05, 0) is 36.2 Å². The Morgan fingerprint density at radius 3 is 2.42 bits per heavy atom. The van der Waals surface area contributed by atoms with E-state index in [0.717, 1.165) is 31.1 Å². The molecule has 2 aliphatic carbocycles. The molecular formula is C19H30O5. The number of allylic oxidation sites excluding steroid dienone is 1. The molecule has 0 saturated heterocycles. The standard InChI is InChI=1S/C19H30O5/c1-12(21)24-16-9-10-19(4)14(11-20)13(17(22-5)23-6)7-8-15(19)18(16,2)3/h7,11,14-17H,8-10H2,1-6H3/t14-,15-,16+,19+/m0/s1. The van der Waals surface area contributed by atoms with Gasteiger partial charge in [-0.1, -0.05) is 26.8 Å². The van der Waals surface area contributed by atoms with Gasteiger partial charge in [0.25, 0.3) is 0 Å². The van der Waals surface area contributed by atoms with Gasteiger partial charge in [0.1, 0.15) is 12.4 Å². The Kier molecular flexibility index (Phi) is 5.55. The zero-order valence-electron chi connectivity index (χ0n) is 15.6. The largest absolute Gasteiger partial charge is 0.462 e. The van der Waals surface area contributed by atoms with Crippen LogP contribution in [0.1, 0.15) is 47.0 Å². The number of rotatable bonds is 5. The summed E-state index contributed by atoms with van der Waals surface area (Å²) in [6, 6.07) is 0. The number of carbonyl (C=O) groups excluding carboxylic acids is 2. The summed E-state index contributed by atoms with van der Waals surface area (Å²) in [6.45, 7) is 7.93. The molecule has 2 rings (SSSR count). The van der Waals surface area contributed by atoms with Gasteiger partial charge in [0.2, 0.25) is 0 Å². The minimum atomic E-state index is -0.493. The molecule has 0 amide bonds. The molecule has 0 aromatic rings. The molecule has 4 atom stereocenters. The summed E-state index contributed by atoms with van der Waals surface area (Å²) < 4.78 is 16.4. The lowest BCUT2D eigenvalue weighted by Gasteiger charge is -2.58. The van der Waals surface area contributed by atoms with Gasteiger partial charge in [-0.3, -0.25) is 4.79 Å². The van der Waals surface area contributed by atoms with Gasteiger partial charge in [0, 0.05) is 32.5 Å². The first-order chi connectivity index (χ1) is 11.2. The van der Waals surface area contributed by atoms with E-state index in [1.807, 2.05) is 0 Å². The third-order valence-corrected chi connectivity index (χ3v) is 6.27. The SMILES string of the molecule is COC(OC)C1=CC[C@H]2C(C)(C)[C@H](OC(C)=O)CC[C@]2(C)[C@H]1C=O. The monoisotopic (exact) mass is 338 g/mol. The lowest BCUT2D eigenvalue weighted by molar-refractivity contribution is -0.174. The molecule has 0 heterocycles. The Labute approximate surface area is 144 Å². The average Bonchev–Trinajstić information content (AvgIpc) is 2.51. The molecule has 1 saturated carbocycles. The van der Waals surface area contributed by atoms with Crippen molar-refractivity contribution < 1.29 is 23.8 Å². The van der Waals surface area contributed by atoms with Crippen molar-refractivity contribution >= 4 is 12.3 Å². The van der Waals surface area contributed by atoms with E-state index in [0.29, 0.717) is 0 Å². The molecule has 0 unspecified atom stereocenters. The van der Waals surface area contributed by atoms with E-state index in [1.165, 1.54) is 6.92 Å². The summed E-state index contributed by atoms with van der Waals surface area (Å²) in [4.78, 5) is 23.5. The van der Waals surface area contributed by atoms with E-state index in [1.54, 1.807) is 14.2 Å². The summed E-state index contributed by atoms with van der Waals surface area (Å²) >= 11 is 0. The molecule has 136 valence electrons. The Morgan fingerprint density at radius 1 is 1.29 bits per heavy atom.